The molecule has 0 bridgehead atoms. The second-order valence-electron chi connectivity index (χ2n) is 5.65. The van der Waals surface area contributed by atoms with Crippen LogP contribution in [0.1, 0.15) is 12.0 Å². The van der Waals surface area contributed by atoms with Crippen LogP contribution >= 0.6 is 11.8 Å². The summed E-state index contributed by atoms with van der Waals surface area (Å²) in [5.74, 6) is -0.905. The summed E-state index contributed by atoms with van der Waals surface area (Å²) in [5.41, 5.74) is 1.71. The van der Waals surface area contributed by atoms with Gasteiger partial charge in [0.2, 0.25) is 11.8 Å². The molecule has 0 aromatic heterocycles. The summed E-state index contributed by atoms with van der Waals surface area (Å²) < 4.78 is 0. The highest BCUT2D eigenvalue weighted by atomic mass is 32.2. The molecular weight excluding hydrogens is 340 g/mol. The number of phenols is 1. The summed E-state index contributed by atoms with van der Waals surface area (Å²) in [6.45, 7) is 1.87. The molecule has 0 saturated carbocycles. The van der Waals surface area contributed by atoms with Crippen LogP contribution in [0.5, 0.6) is 5.75 Å². The zero-order valence-corrected chi connectivity index (χ0v) is 14.2. The predicted octanol–water partition coefficient (Wildman–Crippen LogP) is 3.30. The fourth-order valence-corrected chi connectivity index (χ4v) is 3.52. The van der Waals surface area contributed by atoms with Gasteiger partial charge in [-0.1, -0.05) is 24.3 Å². The molecule has 1 aliphatic heterocycles. The molecule has 3 amide bonds. The van der Waals surface area contributed by atoms with Crippen molar-refractivity contribution in [3.05, 3.63) is 54.1 Å². The van der Waals surface area contributed by atoms with Crippen LogP contribution < -0.4 is 10.2 Å². The van der Waals surface area contributed by atoms with Crippen molar-refractivity contribution in [2.24, 2.45) is 0 Å². The van der Waals surface area contributed by atoms with Crippen LogP contribution in [0.15, 0.2) is 48.5 Å². The van der Waals surface area contributed by atoms with E-state index >= 15 is 0 Å². The van der Waals surface area contributed by atoms with Gasteiger partial charge in [-0.2, -0.15) is 0 Å². The summed E-state index contributed by atoms with van der Waals surface area (Å²) >= 11 is 0.840. The fourth-order valence-electron chi connectivity index (χ4n) is 2.54. The quantitative estimate of drug-likeness (QED) is 0.821. The lowest BCUT2D eigenvalue weighted by Gasteiger charge is -2.14. The Bertz CT molecular complexity index is 852. The minimum atomic E-state index is -0.779. The number of benzene rings is 2. The van der Waals surface area contributed by atoms with Gasteiger partial charge in [0.15, 0.2) is 0 Å². The largest absolute Gasteiger partial charge is 0.506 e. The van der Waals surface area contributed by atoms with Crippen LogP contribution in [0.3, 0.4) is 0 Å². The molecule has 25 heavy (non-hydrogen) atoms. The Morgan fingerprint density at radius 1 is 1.20 bits per heavy atom. The zero-order chi connectivity index (χ0) is 18.0. The van der Waals surface area contributed by atoms with Crippen molar-refractivity contribution in [3.63, 3.8) is 0 Å². The Hall–Kier alpha value is -2.80. The fraction of sp³-hybridized carbons (Fsp3) is 0.167. The molecule has 1 unspecified atom stereocenters. The number of anilines is 2. The number of hydrogen-bond acceptors (Lipinski definition) is 5. The van der Waals surface area contributed by atoms with Gasteiger partial charge in [0, 0.05) is 6.42 Å². The van der Waals surface area contributed by atoms with Crippen LogP contribution in [0, 0.1) is 6.92 Å². The minimum Gasteiger partial charge on any atom is -0.506 e. The number of amides is 3. The number of imide groups is 1. The first-order valence-corrected chi connectivity index (χ1v) is 8.53. The molecular formula is C18H16N2O4S. The van der Waals surface area contributed by atoms with Gasteiger partial charge in [-0.05, 0) is 48.5 Å². The van der Waals surface area contributed by atoms with Crippen molar-refractivity contribution in [2.45, 2.75) is 18.6 Å². The molecule has 1 atom stereocenters. The number of nitrogens with one attached hydrogen (secondary N) is 1. The summed E-state index contributed by atoms with van der Waals surface area (Å²) in [6.07, 6.45) is -0.147. The number of aryl methyl sites for hydroxylation is 1. The second-order valence-corrected chi connectivity index (χ2v) is 6.81. The Balaban J connectivity index is 1.70. The van der Waals surface area contributed by atoms with Crippen molar-refractivity contribution in [1.82, 2.24) is 0 Å². The smallest absolute Gasteiger partial charge is 0.293 e. The average Bonchev–Trinajstić information content (AvgIpc) is 2.83. The molecule has 1 heterocycles. The van der Waals surface area contributed by atoms with E-state index in [-0.39, 0.29) is 17.9 Å². The van der Waals surface area contributed by atoms with Gasteiger partial charge < -0.3 is 10.4 Å². The standard InChI is InChI=1S/C18H16N2O4S/c1-11-5-4-6-12(9-11)20-17(23)15(25-18(20)24)10-16(22)19-13-7-2-3-8-14(13)21/h2-9,15,21H,10H2,1H3,(H,19,22). The summed E-state index contributed by atoms with van der Waals surface area (Å²) in [7, 11) is 0. The Morgan fingerprint density at radius 3 is 2.68 bits per heavy atom. The lowest BCUT2D eigenvalue weighted by atomic mass is 10.2. The Labute approximate surface area is 148 Å². The predicted molar refractivity (Wildman–Crippen MR) is 96.8 cm³/mol. The Morgan fingerprint density at radius 2 is 1.96 bits per heavy atom. The van der Waals surface area contributed by atoms with E-state index in [0.717, 1.165) is 22.2 Å². The molecule has 2 aromatic carbocycles. The summed E-state index contributed by atoms with van der Waals surface area (Å²) in [6, 6.07) is 13.4. The summed E-state index contributed by atoms with van der Waals surface area (Å²) in [5, 5.41) is 11.1. The van der Waals surface area contributed by atoms with Gasteiger partial charge in [0.05, 0.1) is 11.4 Å². The lowest BCUT2D eigenvalue weighted by Crippen LogP contribution is -2.33. The first kappa shape index (κ1) is 17.0. The highest BCUT2D eigenvalue weighted by molar-refractivity contribution is 8.15. The first-order valence-electron chi connectivity index (χ1n) is 7.65. The van der Waals surface area contributed by atoms with Gasteiger partial charge in [0.25, 0.3) is 5.24 Å². The molecule has 2 N–H and O–H groups in total. The average molecular weight is 356 g/mol. The summed E-state index contributed by atoms with van der Waals surface area (Å²) in [4.78, 5) is 38.0. The number of phenolic OH excluding ortho intramolecular Hbond substituents is 1. The maximum atomic E-state index is 12.5. The number of para-hydroxylation sites is 2. The third-order valence-corrected chi connectivity index (χ3v) is 4.77. The van der Waals surface area contributed by atoms with E-state index in [9.17, 15) is 19.5 Å². The van der Waals surface area contributed by atoms with Crippen LogP contribution in [0.2, 0.25) is 0 Å². The number of nitrogens with zero attached hydrogens (tertiary/aromatic N) is 1. The van der Waals surface area contributed by atoms with Crippen LogP contribution in [0.25, 0.3) is 0 Å². The molecule has 1 saturated heterocycles. The minimum absolute atomic E-state index is 0.0567. The number of aromatic hydroxyl groups is 1. The van der Waals surface area contributed by atoms with Crippen molar-refractivity contribution in [3.8, 4) is 5.75 Å². The molecule has 3 rings (SSSR count). The highest BCUT2D eigenvalue weighted by Gasteiger charge is 2.41. The maximum absolute atomic E-state index is 12.5. The molecule has 128 valence electrons. The van der Waals surface area contributed by atoms with Gasteiger partial charge in [-0.15, -0.1) is 0 Å². The molecule has 0 spiro atoms. The van der Waals surface area contributed by atoms with Gasteiger partial charge >= 0.3 is 0 Å². The monoisotopic (exact) mass is 356 g/mol. The van der Waals surface area contributed by atoms with E-state index in [2.05, 4.69) is 5.32 Å². The normalized spacial score (nSPS) is 17.0. The molecule has 0 radical (unpaired) electrons. The van der Waals surface area contributed by atoms with Crippen LogP contribution in [0.4, 0.5) is 16.2 Å². The SMILES string of the molecule is Cc1cccc(N2C(=O)SC(CC(=O)Nc3ccccc3O)C2=O)c1. The van der Waals surface area contributed by atoms with E-state index in [1.54, 1.807) is 36.4 Å². The zero-order valence-electron chi connectivity index (χ0n) is 13.4. The molecule has 0 aliphatic carbocycles. The van der Waals surface area contributed by atoms with E-state index in [0.29, 0.717) is 5.69 Å². The maximum Gasteiger partial charge on any atom is 0.293 e. The van der Waals surface area contributed by atoms with Gasteiger partial charge in [-0.3, -0.25) is 14.4 Å². The molecule has 1 fully saturated rings. The van der Waals surface area contributed by atoms with Gasteiger partial charge in [0.1, 0.15) is 11.0 Å². The first-order chi connectivity index (χ1) is 12.0. The van der Waals surface area contributed by atoms with Crippen molar-refractivity contribution in [1.29, 1.82) is 0 Å². The number of rotatable bonds is 4. The number of carbonyl (C=O) groups excluding carboxylic acids is 3. The second kappa shape index (κ2) is 6.98. The molecule has 1 aliphatic rings. The molecule has 7 heteroatoms. The van der Waals surface area contributed by atoms with Crippen LogP contribution in [-0.2, 0) is 9.59 Å². The van der Waals surface area contributed by atoms with E-state index in [1.807, 2.05) is 13.0 Å². The van der Waals surface area contributed by atoms with Crippen molar-refractivity contribution in [2.75, 3.05) is 10.2 Å². The molecule has 2 aromatic rings. The topological polar surface area (TPSA) is 86.7 Å². The van der Waals surface area contributed by atoms with E-state index in [1.165, 1.54) is 6.07 Å². The van der Waals surface area contributed by atoms with Crippen molar-refractivity contribution >= 4 is 40.2 Å². The van der Waals surface area contributed by atoms with Crippen molar-refractivity contribution < 1.29 is 19.5 Å². The molecule has 6 nitrogen and oxygen atoms in total. The number of thioether (sulfide) groups is 1. The Kier molecular flexibility index (Phi) is 4.76. The third-order valence-electron chi connectivity index (χ3n) is 3.73. The van der Waals surface area contributed by atoms with Crippen LogP contribution in [-0.4, -0.2) is 27.4 Å². The lowest BCUT2D eigenvalue weighted by molar-refractivity contribution is -0.121. The third kappa shape index (κ3) is 3.66. The highest BCUT2D eigenvalue weighted by Crippen LogP contribution is 2.34. The van der Waals surface area contributed by atoms with E-state index in [4.69, 9.17) is 0 Å². The number of carbonyl (C=O) groups is 3. The number of hydrogen-bond donors (Lipinski definition) is 2. The van der Waals surface area contributed by atoms with E-state index < -0.39 is 22.3 Å². The van der Waals surface area contributed by atoms with Gasteiger partial charge in [-0.25, -0.2) is 4.90 Å².